The van der Waals surface area contributed by atoms with Crippen LogP contribution in [-0.4, -0.2) is 19.8 Å². The van der Waals surface area contributed by atoms with Crippen LogP contribution >= 0.6 is 0 Å². The van der Waals surface area contributed by atoms with E-state index >= 15 is 0 Å². The van der Waals surface area contributed by atoms with E-state index in [-0.39, 0.29) is 0 Å². The van der Waals surface area contributed by atoms with Crippen LogP contribution in [0.3, 0.4) is 0 Å². The number of nitrogens with zero attached hydrogens (tertiary/aromatic N) is 4. The smallest absolute Gasteiger partial charge is 0.115 e. The maximum Gasteiger partial charge on any atom is 0.115 e. The molecule has 1 radical (unpaired) electrons. The second-order valence-corrected chi connectivity index (χ2v) is 1.79. The fourth-order valence-corrected chi connectivity index (χ4v) is 0.722. The first-order valence-corrected chi connectivity index (χ1v) is 2.89. The Morgan fingerprint density at radius 1 is 1.20 bits per heavy atom. The molecular weight excluding hydrogens is 128 g/mol. The predicted molar refractivity (Wildman–Crippen MR) is 34.1 cm³/mol. The summed E-state index contributed by atoms with van der Waals surface area (Å²) in [5.74, 6) is 0. The zero-order valence-corrected chi connectivity index (χ0v) is 5.18. The lowest BCUT2D eigenvalue weighted by atomic mass is 10.8. The molecule has 0 aliphatic carbocycles. The summed E-state index contributed by atoms with van der Waals surface area (Å²) < 4.78 is 0. The third-order valence-electron chi connectivity index (χ3n) is 1.14. The lowest BCUT2D eigenvalue weighted by molar-refractivity contribution is 0.507. The van der Waals surface area contributed by atoms with Crippen molar-refractivity contribution in [1.82, 2.24) is 19.8 Å². The molecule has 0 aliphatic rings. The van der Waals surface area contributed by atoms with E-state index in [0.717, 1.165) is 0 Å². The molecule has 0 spiro atoms. The summed E-state index contributed by atoms with van der Waals surface area (Å²) in [5, 5.41) is 7.81. The summed E-state index contributed by atoms with van der Waals surface area (Å²) in [5.41, 5.74) is 0. The van der Waals surface area contributed by atoms with Crippen molar-refractivity contribution in [1.29, 1.82) is 0 Å². The van der Waals surface area contributed by atoms with Crippen molar-refractivity contribution in [2.45, 2.75) is 0 Å². The van der Waals surface area contributed by atoms with Crippen molar-refractivity contribution >= 4 is 0 Å². The van der Waals surface area contributed by atoms with Crippen LogP contribution in [0.25, 0.3) is 0 Å². The molecule has 0 aliphatic heterocycles. The maximum absolute atomic E-state index is 3.96. The Balaban J connectivity index is 2.48. The third kappa shape index (κ3) is 0.699. The van der Waals surface area contributed by atoms with Gasteiger partial charge in [0.1, 0.15) is 6.20 Å². The van der Waals surface area contributed by atoms with Crippen molar-refractivity contribution in [3.63, 3.8) is 0 Å². The zero-order chi connectivity index (χ0) is 6.81. The highest BCUT2D eigenvalue weighted by Crippen LogP contribution is 1.85. The number of hydrogen-bond acceptors (Lipinski definition) is 2. The summed E-state index contributed by atoms with van der Waals surface area (Å²) in [4.78, 5) is 3.19. The van der Waals surface area contributed by atoms with Crippen molar-refractivity contribution in [2.24, 2.45) is 0 Å². The topological polar surface area (TPSA) is 35.6 Å². The van der Waals surface area contributed by atoms with Gasteiger partial charge in [0.05, 0.1) is 18.6 Å². The summed E-state index contributed by atoms with van der Waals surface area (Å²) in [6, 6.07) is 3.56. The van der Waals surface area contributed by atoms with E-state index in [1.54, 1.807) is 34.2 Å². The van der Waals surface area contributed by atoms with Crippen molar-refractivity contribution in [3.8, 4) is 0 Å². The summed E-state index contributed by atoms with van der Waals surface area (Å²) in [7, 11) is 0. The minimum absolute atomic E-state index is 1.58. The van der Waals surface area contributed by atoms with Crippen LogP contribution in [0.2, 0.25) is 0 Å². The first-order chi connectivity index (χ1) is 4.97. The molecule has 0 atom stereocenters. The Labute approximate surface area is 57.7 Å². The highest BCUT2D eigenvalue weighted by atomic mass is 15.7. The highest BCUT2D eigenvalue weighted by molar-refractivity contribution is 4.81. The van der Waals surface area contributed by atoms with E-state index in [1.165, 1.54) is 0 Å². The molecule has 0 saturated heterocycles. The number of hydrogen-bond donors (Lipinski definition) is 0. The van der Waals surface area contributed by atoms with E-state index in [4.69, 9.17) is 0 Å². The SMILES string of the molecule is [c]1ccn(-n2cccn2)n1. The van der Waals surface area contributed by atoms with E-state index in [9.17, 15) is 0 Å². The minimum atomic E-state index is 1.58. The minimum Gasteiger partial charge on any atom is -0.159 e. The quantitative estimate of drug-likeness (QED) is 0.556. The lowest BCUT2D eigenvalue weighted by Crippen LogP contribution is -2.09. The van der Waals surface area contributed by atoms with E-state index in [2.05, 4.69) is 16.4 Å². The molecule has 10 heavy (non-hydrogen) atoms. The van der Waals surface area contributed by atoms with Gasteiger partial charge in [0.25, 0.3) is 0 Å². The average Bonchev–Trinajstić information content (AvgIpc) is 2.59. The Bertz CT molecular complexity index is 249. The molecule has 0 N–H and O–H groups in total. The van der Waals surface area contributed by atoms with Gasteiger partial charge in [-0.15, -0.1) is 5.10 Å². The molecule has 2 rings (SSSR count). The first kappa shape index (κ1) is 5.22. The fourth-order valence-electron chi connectivity index (χ4n) is 0.722. The normalized spacial score (nSPS) is 10.0. The van der Waals surface area contributed by atoms with Crippen LogP contribution in [0.15, 0.2) is 30.7 Å². The van der Waals surface area contributed by atoms with Gasteiger partial charge in [0.2, 0.25) is 0 Å². The second-order valence-electron chi connectivity index (χ2n) is 1.79. The lowest BCUT2D eigenvalue weighted by Gasteiger charge is -1.96. The van der Waals surface area contributed by atoms with Gasteiger partial charge >= 0.3 is 0 Å². The number of rotatable bonds is 1. The molecular formula is C6H5N4. The van der Waals surface area contributed by atoms with Crippen molar-refractivity contribution in [2.75, 3.05) is 0 Å². The molecule has 4 heteroatoms. The van der Waals surface area contributed by atoms with E-state index < -0.39 is 0 Å². The monoisotopic (exact) mass is 133 g/mol. The molecule has 49 valence electrons. The molecule has 0 saturated carbocycles. The van der Waals surface area contributed by atoms with Gasteiger partial charge in [-0.3, -0.25) is 0 Å². The molecule has 0 bridgehead atoms. The summed E-state index contributed by atoms with van der Waals surface area (Å²) in [6.07, 6.45) is 7.94. The van der Waals surface area contributed by atoms with Gasteiger partial charge in [0, 0.05) is 0 Å². The van der Waals surface area contributed by atoms with Crippen molar-refractivity contribution < 1.29 is 0 Å². The van der Waals surface area contributed by atoms with Gasteiger partial charge in [-0.05, 0) is 12.1 Å². The third-order valence-corrected chi connectivity index (χ3v) is 1.14. The van der Waals surface area contributed by atoms with Crippen LogP contribution in [0, 0.1) is 6.20 Å². The average molecular weight is 133 g/mol. The Morgan fingerprint density at radius 2 is 2.20 bits per heavy atom. The van der Waals surface area contributed by atoms with Crippen LogP contribution in [-0.2, 0) is 0 Å². The maximum atomic E-state index is 3.96. The predicted octanol–water partition coefficient (Wildman–Crippen LogP) is 0.191. The van der Waals surface area contributed by atoms with Crippen molar-refractivity contribution in [3.05, 3.63) is 36.9 Å². The molecule has 2 heterocycles. The van der Waals surface area contributed by atoms with E-state index in [0.29, 0.717) is 0 Å². The molecule has 4 nitrogen and oxygen atoms in total. The largest absolute Gasteiger partial charge is 0.159 e. The second kappa shape index (κ2) is 1.98. The van der Waals surface area contributed by atoms with Crippen LogP contribution < -0.4 is 0 Å². The van der Waals surface area contributed by atoms with Crippen LogP contribution in [0.1, 0.15) is 0 Å². The molecule has 2 aromatic heterocycles. The van der Waals surface area contributed by atoms with Gasteiger partial charge in [-0.2, -0.15) is 14.7 Å². The fraction of sp³-hybridized carbons (Fsp3) is 0. The van der Waals surface area contributed by atoms with Crippen LogP contribution in [0.4, 0.5) is 0 Å². The number of aromatic nitrogens is 4. The van der Waals surface area contributed by atoms with Gasteiger partial charge in [-0.1, -0.05) is 0 Å². The zero-order valence-electron chi connectivity index (χ0n) is 5.18. The standard InChI is InChI=1S/C6H5N4/c1-3-7-9(5-1)10-6-2-4-8-10/h1-3,5-6H. The molecule has 0 fully saturated rings. The van der Waals surface area contributed by atoms with Crippen LogP contribution in [0.5, 0.6) is 0 Å². The molecule has 0 aromatic carbocycles. The highest BCUT2D eigenvalue weighted by Gasteiger charge is 1.89. The van der Waals surface area contributed by atoms with E-state index in [1.807, 2.05) is 6.07 Å². The Morgan fingerprint density at radius 3 is 2.80 bits per heavy atom. The Kier molecular flexibility index (Phi) is 1.04. The first-order valence-electron chi connectivity index (χ1n) is 2.89. The summed E-state index contributed by atoms with van der Waals surface area (Å²) in [6.45, 7) is 0. The Hall–Kier alpha value is -1.58. The van der Waals surface area contributed by atoms with Gasteiger partial charge in [-0.25, -0.2) is 0 Å². The molecule has 0 unspecified atom stereocenters. The molecule has 2 aromatic rings. The van der Waals surface area contributed by atoms with Gasteiger partial charge in [0.15, 0.2) is 0 Å². The molecule has 0 amide bonds. The van der Waals surface area contributed by atoms with Gasteiger partial charge < -0.3 is 0 Å². The summed E-state index contributed by atoms with van der Waals surface area (Å²) >= 11 is 0.